The predicted molar refractivity (Wildman–Crippen MR) is 73.5 cm³/mol. The van der Waals surface area contributed by atoms with Crippen molar-refractivity contribution in [3.05, 3.63) is 0 Å². The normalized spacial score (nSPS) is 10.2. The van der Waals surface area contributed by atoms with Crippen molar-refractivity contribution in [2.24, 2.45) is 0 Å². The van der Waals surface area contributed by atoms with E-state index in [0.717, 1.165) is 6.54 Å². The standard InChI is InChI=1S/C13H27NS/c1-2-3-4-5-6-7-8-9-10-11-12-14-13-15/h13H,2-12H2,1H3,(H,14,15). The molecule has 0 saturated heterocycles. The van der Waals surface area contributed by atoms with Crippen LogP contribution in [-0.2, 0) is 0 Å². The summed E-state index contributed by atoms with van der Waals surface area (Å²) in [5.74, 6) is 0. The van der Waals surface area contributed by atoms with Gasteiger partial charge in [0.15, 0.2) is 0 Å². The van der Waals surface area contributed by atoms with Crippen molar-refractivity contribution < 1.29 is 0 Å². The number of nitrogens with one attached hydrogen (secondary N) is 1. The lowest BCUT2D eigenvalue weighted by Gasteiger charge is -2.02. The van der Waals surface area contributed by atoms with E-state index in [4.69, 9.17) is 0 Å². The summed E-state index contributed by atoms with van der Waals surface area (Å²) in [5, 5.41) is 3.06. The van der Waals surface area contributed by atoms with Crippen molar-refractivity contribution in [3.8, 4) is 0 Å². The Balaban J connectivity index is 2.83. The summed E-state index contributed by atoms with van der Waals surface area (Å²) < 4.78 is 0. The maximum absolute atomic E-state index is 4.69. The molecule has 0 heterocycles. The Hall–Kier alpha value is -0.110. The fraction of sp³-hybridized carbons (Fsp3) is 0.923. The molecule has 0 atom stereocenters. The van der Waals surface area contributed by atoms with E-state index in [9.17, 15) is 0 Å². The third-order valence-corrected chi connectivity index (χ3v) is 2.92. The van der Waals surface area contributed by atoms with E-state index in [2.05, 4.69) is 24.5 Å². The van der Waals surface area contributed by atoms with Crippen LogP contribution in [0.1, 0.15) is 71.1 Å². The van der Waals surface area contributed by atoms with Gasteiger partial charge in [0, 0.05) is 6.54 Å². The SMILES string of the molecule is CCCCCCCCCCCCNC=S. The molecule has 0 aliphatic heterocycles. The molecule has 0 unspecified atom stereocenters. The molecule has 90 valence electrons. The van der Waals surface area contributed by atoms with Crippen LogP contribution in [0.3, 0.4) is 0 Å². The Kier molecular flexibility index (Phi) is 13.8. The van der Waals surface area contributed by atoms with Gasteiger partial charge in [-0.05, 0) is 6.42 Å². The van der Waals surface area contributed by atoms with Crippen LogP contribution in [0.25, 0.3) is 0 Å². The second-order valence-electron chi connectivity index (χ2n) is 4.25. The van der Waals surface area contributed by atoms with Crippen molar-refractivity contribution in [2.45, 2.75) is 71.1 Å². The Morgan fingerprint density at radius 3 is 1.73 bits per heavy atom. The third kappa shape index (κ3) is 13.9. The number of unbranched alkanes of at least 4 members (excludes halogenated alkanes) is 9. The zero-order valence-corrected chi connectivity index (χ0v) is 11.1. The number of rotatable bonds is 12. The summed E-state index contributed by atoms with van der Waals surface area (Å²) in [6, 6.07) is 0. The lowest BCUT2D eigenvalue weighted by Crippen LogP contribution is -2.10. The van der Waals surface area contributed by atoms with Gasteiger partial charge in [0.2, 0.25) is 0 Å². The smallest absolute Gasteiger partial charge is 0.0614 e. The predicted octanol–water partition coefficient (Wildman–Crippen LogP) is 4.45. The fourth-order valence-corrected chi connectivity index (χ4v) is 1.89. The maximum Gasteiger partial charge on any atom is 0.0614 e. The van der Waals surface area contributed by atoms with Crippen LogP contribution in [0, 0.1) is 0 Å². The van der Waals surface area contributed by atoms with Crippen LogP contribution in [-0.4, -0.2) is 12.0 Å². The summed E-state index contributed by atoms with van der Waals surface area (Å²) in [6.45, 7) is 3.33. The number of thiocarbonyl (C=S) groups is 1. The minimum absolute atomic E-state index is 1.06. The molecule has 0 saturated carbocycles. The molecule has 1 N–H and O–H groups in total. The zero-order valence-electron chi connectivity index (χ0n) is 10.3. The highest BCUT2D eigenvalue weighted by atomic mass is 32.1. The van der Waals surface area contributed by atoms with Gasteiger partial charge in [0.05, 0.1) is 5.49 Å². The minimum atomic E-state index is 1.06. The summed E-state index contributed by atoms with van der Waals surface area (Å²) in [7, 11) is 0. The molecule has 2 heteroatoms. The van der Waals surface area contributed by atoms with Crippen molar-refractivity contribution in [1.29, 1.82) is 0 Å². The van der Waals surface area contributed by atoms with Crippen molar-refractivity contribution >= 4 is 17.7 Å². The molecule has 1 nitrogen and oxygen atoms in total. The first-order chi connectivity index (χ1) is 7.41. The molecular weight excluding hydrogens is 202 g/mol. The van der Waals surface area contributed by atoms with Gasteiger partial charge in [-0.3, -0.25) is 0 Å². The molecule has 0 aliphatic rings. The van der Waals surface area contributed by atoms with Crippen LogP contribution < -0.4 is 5.32 Å². The first kappa shape index (κ1) is 14.9. The quantitative estimate of drug-likeness (QED) is 0.392. The first-order valence-corrected chi connectivity index (χ1v) is 7.06. The summed E-state index contributed by atoms with van der Waals surface area (Å²) >= 11 is 4.69. The molecule has 0 spiro atoms. The highest BCUT2D eigenvalue weighted by molar-refractivity contribution is 7.78. The van der Waals surface area contributed by atoms with Crippen LogP contribution >= 0.6 is 12.2 Å². The largest absolute Gasteiger partial charge is 0.382 e. The number of hydrogen-bond acceptors (Lipinski definition) is 1. The topological polar surface area (TPSA) is 12.0 Å². The second-order valence-corrected chi connectivity index (χ2v) is 4.49. The Labute approximate surface area is 101 Å². The van der Waals surface area contributed by atoms with Crippen LogP contribution in [0.2, 0.25) is 0 Å². The third-order valence-electron chi connectivity index (χ3n) is 2.76. The van der Waals surface area contributed by atoms with Gasteiger partial charge in [0.1, 0.15) is 0 Å². The van der Waals surface area contributed by atoms with E-state index in [-0.39, 0.29) is 0 Å². The van der Waals surface area contributed by atoms with Crippen LogP contribution in [0.4, 0.5) is 0 Å². The molecule has 0 aliphatic carbocycles. The molecule has 0 rings (SSSR count). The molecule has 15 heavy (non-hydrogen) atoms. The van der Waals surface area contributed by atoms with Gasteiger partial charge in [-0.1, -0.05) is 76.9 Å². The maximum atomic E-state index is 4.69. The summed E-state index contributed by atoms with van der Waals surface area (Å²) in [4.78, 5) is 0. The highest BCUT2D eigenvalue weighted by Crippen LogP contribution is 2.09. The first-order valence-electron chi connectivity index (χ1n) is 6.59. The molecular formula is C13H27NS. The van der Waals surface area contributed by atoms with E-state index in [1.165, 1.54) is 64.2 Å². The van der Waals surface area contributed by atoms with Crippen LogP contribution in [0.5, 0.6) is 0 Å². The molecule has 0 bridgehead atoms. The van der Waals surface area contributed by atoms with Gasteiger partial charge < -0.3 is 5.32 Å². The molecule has 0 aromatic heterocycles. The van der Waals surface area contributed by atoms with E-state index in [0.29, 0.717) is 0 Å². The van der Waals surface area contributed by atoms with Gasteiger partial charge in [-0.2, -0.15) is 0 Å². The lowest BCUT2D eigenvalue weighted by atomic mass is 10.1. The Morgan fingerprint density at radius 1 is 0.800 bits per heavy atom. The number of hydrogen-bond donors (Lipinski definition) is 1. The molecule has 0 aromatic carbocycles. The highest BCUT2D eigenvalue weighted by Gasteiger charge is 1.91. The monoisotopic (exact) mass is 229 g/mol. The van der Waals surface area contributed by atoms with Gasteiger partial charge >= 0.3 is 0 Å². The van der Waals surface area contributed by atoms with Crippen LogP contribution in [0.15, 0.2) is 0 Å². The van der Waals surface area contributed by atoms with E-state index < -0.39 is 0 Å². The summed E-state index contributed by atoms with van der Waals surface area (Å²) in [5.41, 5.74) is 1.62. The van der Waals surface area contributed by atoms with E-state index in [1.54, 1.807) is 5.49 Å². The lowest BCUT2D eigenvalue weighted by molar-refractivity contribution is 0.555. The molecule has 0 radical (unpaired) electrons. The van der Waals surface area contributed by atoms with Crippen molar-refractivity contribution in [2.75, 3.05) is 6.54 Å². The van der Waals surface area contributed by atoms with E-state index in [1.807, 2.05) is 0 Å². The van der Waals surface area contributed by atoms with Gasteiger partial charge in [-0.15, -0.1) is 0 Å². The average Bonchev–Trinajstić information content (AvgIpc) is 2.26. The average molecular weight is 229 g/mol. The van der Waals surface area contributed by atoms with E-state index >= 15 is 0 Å². The van der Waals surface area contributed by atoms with Crippen molar-refractivity contribution in [1.82, 2.24) is 5.32 Å². The Morgan fingerprint density at radius 2 is 1.27 bits per heavy atom. The fourth-order valence-electron chi connectivity index (χ4n) is 1.77. The summed E-state index contributed by atoms with van der Waals surface area (Å²) in [6.07, 6.45) is 14.0. The van der Waals surface area contributed by atoms with Gasteiger partial charge in [0.25, 0.3) is 0 Å². The zero-order chi connectivity index (χ0) is 11.2. The molecule has 0 aromatic rings. The van der Waals surface area contributed by atoms with Gasteiger partial charge in [-0.25, -0.2) is 0 Å². The second kappa shape index (κ2) is 13.9. The molecule has 0 amide bonds. The van der Waals surface area contributed by atoms with Crippen molar-refractivity contribution in [3.63, 3.8) is 0 Å². The Bertz CT molecular complexity index is 126. The molecule has 0 fully saturated rings. The minimum Gasteiger partial charge on any atom is -0.382 e.